The van der Waals surface area contributed by atoms with Crippen LogP contribution < -0.4 is 5.32 Å². The van der Waals surface area contributed by atoms with E-state index in [0.29, 0.717) is 5.75 Å². The van der Waals surface area contributed by atoms with Crippen molar-refractivity contribution in [3.05, 3.63) is 11.9 Å². The summed E-state index contributed by atoms with van der Waals surface area (Å²) in [5, 5.41) is 3.78. The van der Waals surface area contributed by atoms with Crippen molar-refractivity contribution in [1.82, 2.24) is 9.97 Å². The lowest BCUT2D eigenvalue weighted by molar-refractivity contribution is 0.603. The first kappa shape index (κ1) is 14.2. The third-order valence-corrected chi connectivity index (χ3v) is 4.14. The number of nitrogens with one attached hydrogen (secondary N) is 1. The fraction of sp³-hybridized carbons (Fsp3) is 0.600. The van der Waals surface area contributed by atoms with E-state index in [-0.39, 0.29) is 5.75 Å². The Morgan fingerprint density at radius 2 is 2.12 bits per heavy atom. The van der Waals surface area contributed by atoms with E-state index in [0.717, 1.165) is 23.1 Å². The molecule has 1 aromatic heterocycles. The van der Waals surface area contributed by atoms with Gasteiger partial charge in [-0.05, 0) is 0 Å². The van der Waals surface area contributed by atoms with Crippen LogP contribution in [-0.4, -0.2) is 43.2 Å². The van der Waals surface area contributed by atoms with Gasteiger partial charge in [-0.1, -0.05) is 6.92 Å². The van der Waals surface area contributed by atoms with Gasteiger partial charge in [-0.2, -0.15) is 0 Å². The Balaban J connectivity index is 2.70. The molecule has 0 atom stereocenters. The first-order valence-corrected chi connectivity index (χ1v) is 8.35. The van der Waals surface area contributed by atoms with Crippen LogP contribution in [0.15, 0.2) is 11.1 Å². The lowest BCUT2D eigenvalue weighted by Gasteiger charge is -2.06. The first-order valence-electron chi connectivity index (χ1n) is 5.31. The highest BCUT2D eigenvalue weighted by atomic mass is 32.2. The van der Waals surface area contributed by atoms with Crippen LogP contribution in [0.2, 0.25) is 0 Å². The maximum Gasteiger partial charge on any atom is 0.148 e. The lowest BCUT2D eigenvalue weighted by atomic mass is 10.4. The zero-order valence-corrected chi connectivity index (χ0v) is 11.9. The molecule has 0 spiro atoms. The lowest BCUT2D eigenvalue weighted by Crippen LogP contribution is -2.06. The Morgan fingerprint density at radius 3 is 2.65 bits per heavy atom. The van der Waals surface area contributed by atoms with Crippen LogP contribution in [0.3, 0.4) is 0 Å². The van der Waals surface area contributed by atoms with Crippen LogP contribution in [-0.2, 0) is 16.3 Å². The fourth-order valence-corrected chi connectivity index (χ4v) is 3.25. The van der Waals surface area contributed by atoms with Gasteiger partial charge >= 0.3 is 0 Å². The Hall–Kier alpha value is -0.820. The van der Waals surface area contributed by atoms with Crippen molar-refractivity contribution in [1.29, 1.82) is 0 Å². The predicted octanol–water partition coefficient (Wildman–Crippen LogP) is 1.22. The van der Waals surface area contributed by atoms with Gasteiger partial charge in [-0.15, -0.1) is 11.8 Å². The van der Waals surface area contributed by atoms with Crippen LogP contribution in [0.4, 0.5) is 5.82 Å². The van der Waals surface area contributed by atoms with E-state index in [4.69, 9.17) is 0 Å². The summed E-state index contributed by atoms with van der Waals surface area (Å²) in [4.78, 5) is 8.61. The molecule has 7 heteroatoms. The van der Waals surface area contributed by atoms with Gasteiger partial charge in [0.15, 0.2) is 0 Å². The quantitative estimate of drug-likeness (QED) is 0.621. The molecule has 0 bridgehead atoms. The van der Waals surface area contributed by atoms with Gasteiger partial charge in [0.05, 0.1) is 5.75 Å². The summed E-state index contributed by atoms with van der Waals surface area (Å²) in [6.07, 6.45) is 2.00. The minimum absolute atomic E-state index is 0.165. The molecule has 0 amide bonds. The summed E-state index contributed by atoms with van der Waals surface area (Å²) < 4.78 is 22.0. The zero-order chi connectivity index (χ0) is 12.9. The highest BCUT2D eigenvalue weighted by molar-refractivity contribution is 8.00. The molecule has 1 heterocycles. The molecule has 0 aliphatic heterocycles. The van der Waals surface area contributed by atoms with Crippen LogP contribution in [0, 0.1) is 0 Å². The Labute approximate surface area is 106 Å². The molecule has 1 N–H and O–H groups in total. The summed E-state index contributed by atoms with van der Waals surface area (Å²) in [6, 6.07) is 1.83. The van der Waals surface area contributed by atoms with E-state index in [9.17, 15) is 8.42 Å². The van der Waals surface area contributed by atoms with Gasteiger partial charge in [-0.25, -0.2) is 18.4 Å². The number of aryl methyl sites for hydroxylation is 1. The number of hydrogen-bond donors (Lipinski definition) is 1. The van der Waals surface area contributed by atoms with Crippen molar-refractivity contribution in [3.63, 3.8) is 0 Å². The van der Waals surface area contributed by atoms with E-state index in [2.05, 4.69) is 15.3 Å². The second kappa shape index (κ2) is 6.20. The first-order chi connectivity index (χ1) is 7.94. The van der Waals surface area contributed by atoms with Crippen molar-refractivity contribution in [2.75, 3.05) is 30.1 Å². The van der Waals surface area contributed by atoms with Crippen molar-refractivity contribution in [2.24, 2.45) is 0 Å². The monoisotopic (exact) mass is 275 g/mol. The predicted molar refractivity (Wildman–Crippen MR) is 71.4 cm³/mol. The molecule has 1 aromatic rings. The maximum absolute atomic E-state index is 11.0. The highest BCUT2D eigenvalue weighted by Gasteiger charge is 2.06. The molecule has 0 saturated carbocycles. The van der Waals surface area contributed by atoms with Gasteiger partial charge in [0.1, 0.15) is 26.5 Å². The Bertz CT molecular complexity index is 452. The molecule has 0 radical (unpaired) electrons. The molecule has 96 valence electrons. The molecule has 0 saturated heterocycles. The molecule has 5 nitrogen and oxygen atoms in total. The number of thioether (sulfide) groups is 1. The number of hydrogen-bond acceptors (Lipinski definition) is 6. The molecule has 17 heavy (non-hydrogen) atoms. The summed E-state index contributed by atoms with van der Waals surface area (Å²) >= 11 is 1.44. The minimum atomic E-state index is -2.91. The van der Waals surface area contributed by atoms with Gasteiger partial charge < -0.3 is 5.32 Å². The summed E-state index contributed by atoms with van der Waals surface area (Å²) in [6.45, 7) is 1.99. The molecule has 0 fully saturated rings. The molecule has 0 unspecified atom stereocenters. The zero-order valence-electron chi connectivity index (χ0n) is 10.2. The molecule has 0 aliphatic carbocycles. The number of rotatable bonds is 6. The third kappa shape index (κ3) is 5.36. The second-order valence-corrected chi connectivity index (χ2v) is 6.96. The van der Waals surface area contributed by atoms with E-state index in [1.54, 1.807) is 7.05 Å². The molecular weight excluding hydrogens is 258 g/mol. The molecular formula is C10H17N3O2S2. The third-order valence-electron chi connectivity index (χ3n) is 2.03. The van der Waals surface area contributed by atoms with Gasteiger partial charge in [0.25, 0.3) is 0 Å². The normalized spacial score (nSPS) is 11.5. The van der Waals surface area contributed by atoms with Gasteiger partial charge in [0, 0.05) is 31.5 Å². The Kier molecular flexibility index (Phi) is 5.20. The largest absolute Gasteiger partial charge is 0.373 e. The smallest absolute Gasteiger partial charge is 0.148 e. The number of sulfone groups is 1. The average molecular weight is 275 g/mol. The average Bonchev–Trinajstić information content (AvgIpc) is 2.26. The number of nitrogens with zero attached hydrogens (tertiary/aromatic N) is 2. The van der Waals surface area contributed by atoms with E-state index in [1.165, 1.54) is 18.0 Å². The summed E-state index contributed by atoms with van der Waals surface area (Å²) in [7, 11) is -1.11. The van der Waals surface area contributed by atoms with E-state index in [1.807, 2.05) is 13.0 Å². The van der Waals surface area contributed by atoms with Crippen molar-refractivity contribution in [2.45, 2.75) is 18.4 Å². The minimum Gasteiger partial charge on any atom is -0.373 e. The van der Waals surface area contributed by atoms with E-state index < -0.39 is 9.84 Å². The standard InChI is InChI=1S/C10H17N3O2S2/c1-4-8-12-9(11-2)7-10(13-8)16-5-6-17(3,14)15/h7H,4-6H2,1-3H3,(H,11,12,13). The summed E-state index contributed by atoms with van der Waals surface area (Å²) in [5.74, 6) is 2.21. The van der Waals surface area contributed by atoms with Crippen molar-refractivity contribution >= 4 is 27.4 Å². The van der Waals surface area contributed by atoms with Gasteiger partial charge in [-0.3, -0.25) is 0 Å². The van der Waals surface area contributed by atoms with Crippen LogP contribution in [0.5, 0.6) is 0 Å². The summed E-state index contributed by atoms with van der Waals surface area (Å²) in [5.41, 5.74) is 0. The SMILES string of the molecule is CCc1nc(NC)cc(SCCS(C)(=O)=O)n1. The van der Waals surface area contributed by atoms with Crippen LogP contribution in [0.25, 0.3) is 0 Å². The van der Waals surface area contributed by atoms with Crippen molar-refractivity contribution < 1.29 is 8.42 Å². The van der Waals surface area contributed by atoms with Gasteiger partial charge in [0.2, 0.25) is 0 Å². The van der Waals surface area contributed by atoms with Crippen LogP contribution >= 0.6 is 11.8 Å². The molecule has 1 rings (SSSR count). The van der Waals surface area contributed by atoms with Crippen LogP contribution in [0.1, 0.15) is 12.7 Å². The second-order valence-electron chi connectivity index (χ2n) is 3.59. The van der Waals surface area contributed by atoms with Crippen molar-refractivity contribution in [3.8, 4) is 0 Å². The highest BCUT2D eigenvalue weighted by Crippen LogP contribution is 2.18. The topological polar surface area (TPSA) is 72.0 Å². The van der Waals surface area contributed by atoms with E-state index >= 15 is 0 Å². The Morgan fingerprint density at radius 1 is 1.41 bits per heavy atom. The number of anilines is 1. The number of aromatic nitrogens is 2. The fourth-order valence-electron chi connectivity index (χ4n) is 1.13. The molecule has 0 aromatic carbocycles. The molecule has 0 aliphatic rings. The maximum atomic E-state index is 11.0.